The number of carbonyl (C=O) groups excluding carboxylic acids is 1. The number of phenols is 1. The molecular formula is C18H20O8. The van der Waals surface area contributed by atoms with E-state index in [-0.39, 0.29) is 36.0 Å². The van der Waals surface area contributed by atoms with Gasteiger partial charge in [-0.3, -0.25) is 9.59 Å². The average molecular weight is 364 g/mol. The molecule has 1 heterocycles. The van der Waals surface area contributed by atoms with Crippen molar-refractivity contribution in [2.75, 3.05) is 21.3 Å². The van der Waals surface area contributed by atoms with Crippen LogP contribution < -0.4 is 10.2 Å². The first-order valence-corrected chi connectivity index (χ1v) is 7.69. The van der Waals surface area contributed by atoms with Gasteiger partial charge in [-0.25, -0.2) is 0 Å². The molecule has 1 atom stereocenters. The van der Waals surface area contributed by atoms with Crippen LogP contribution in [0.2, 0.25) is 0 Å². The predicted octanol–water partition coefficient (Wildman–Crippen LogP) is 1.90. The normalized spacial score (nSPS) is 11.8. The van der Waals surface area contributed by atoms with E-state index in [0.717, 1.165) is 6.07 Å². The average Bonchev–Trinajstić information content (AvgIpc) is 2.63. The van der Waals surface area contributed by atoms with Crippen molar-refractivity contribution in [3.63, 3.8) is 0 Å². The van der Waals surface area contributed by atoms with Gasteiger partial charge in [-0.2, -0.15) is 0 Å². The van der Waals surface area contributed by atoms with Crippen molar-refractivity contribution < 1.29 is 33.6 Å². The van der Waals surface area contributed by atoms with Crippen LogP contribution in [0.15, 0.2) is 33.5 Å². The second-order valence-electron chi connectivity index (χ2n) is 5.49. The Labute approximate surface area is 149 Å². The molecule has 26 heavy (non-hydrogen) atoms. The van der Waals surface area contributed by atoms with Crippen molar-refractivity contribution in [3.8, 4) is 17.2 Å². The molecule has 0 radical (unpaired) electrons. The molecule has 0 fully saturated rings. The molecule has 1 unspecified atom stereocenters. The van der Waals surface area contributed by atoms with E-state index in [1.165, 1.54) is 39.5 Å². The van der Waals surface area contributed by atoms with Gasteiger partial charge in [0.25, 0.3) is 0 Å². The minimum Gasteiger partial charge on any atom is -0.504 e. The molecule has 0 saturated carbocycles. The second kappa shape index (κ2) is 8.39. The summed E-state index contributed by atoms with van der Waals surface area (Å²) in [6.45, 7) is 0.0202. The Hall–Kier alpha value is -3.00. The molecule has 0 amide bonds. The first-order valence-electron chi connectivity index (χ1n) is 7.69. The second-order valence-corrected chi connectivity index (χ2v) is 5.49. The molecule has 140 valence electrons. The lowest BCUT2D eigenvalue weighted by Crippen LogP contribution is -2.14. The van der Waals surface area contributed by atoms with Crippen LogP contribution in [0.3, 0.4) is 0 Å². The topological polar surface area (TPSA) is 115 Å². The van der Waals surface area contributed by atoms with Crippen molar-refractivity contribution in [2.24, 2.45) is 0 Å². The van der Waals surface area contributed by atoms with Gasteiger partial charge in [-0.05, 0) is 17.7 Å². The lowest BCUT2D eigenvalue weighted by molar-refractivity contribution is -0.140. The van der Waals surface area contributed by atoms with E-state index in [0.29, 0.717) is 5.56 Å². The lowest BCUT2D eigenvalue weighted by Gasteiger charge is -2.18. The molecule has 2 N–H and O–H groups in total. The third-order valence-corrected chi connectivity index (χ3v) is 3.81. The van der Waals surface area contributed by atoms with E-state index in [1.54, 1.807) is 0 Å². The van der Waals surface area contributed by atoms with Crippen LogP contribution in [0, 0.1) is 0 Å². The summed E-state index contributed by atoms with van der Waals surface area (Å²) >= 11 is 0. The highest BCUT2D eigenvalue weighted by molar-refractivity contribution is 5.71. The fourth-order valence-electron chi connectivity index (χ4n) is 2.53. The molecule has 0 saturated heterocycles. The number of hydrogen-bond acceptors (Lipinski definition) is 8. The van der Waals surface area contributed by atoms with Gasteiger partial charge in [-0.15, -0.1) is 0 Å². The summed E-state index contributed by atoms with van der Waals surface area (Å²) in [6.07, 6.45) is -0.197. The third-order valence-electron chi connectivity index (χ3n) is 3.81. The number of aromatic hydroxyl groups is 2. The maximum Gasteiger partial charge on any atom is 0.306 e. The molecule has 8 nitrogen and oxygen atoms in total. The van der Waals surface area contributed by atoms with Gasteiger partial charge in [-0.1, -0.05) is 6.07 Å². The SMILES string of the molecule is COCc1cc(=O)c(O)c(C(CC(=O)OC)c2ccc(O)c(OC)c2)o1. The summed E-state index contributed by atoms with van der Waals surface area (Å²) in [5.74, 6) is -1.82. The van der Waals surface area contributed by atoms with Crippen LogP contribution in [0.5, 0.6) is 17.2 Å². The van der Waals surface area contributed by atoms with E-state index in [1.807, 2.05) is 0 Å². The number of benzene rings is 1. The number of carbonyl (C=O) groups is 1. The Bertz CT molecular complexity index is 840. The zero-order valence-electron chi connectivity index (χ0n) is 14.6. The lowest BCUT2D eigenvalue weighted by atomic mass is 9.92. The maximum absolute atomic E-state index is 12.1. The molecule has 0 aliphatic rings. The van der Waals surface area contributed by atoms with Crippen molar-refractivity contribution in [1.29, 1.82) is 0 Å². The number of rotatable bonds is 7. The summed E-state index contributed by atoms with van der Waals surface area (Å²) in [4.78, 5) is 23.9. The van der Waals surface area contributed by atoms with Gasteiger partial charge < -0.3 is 28.8 Å². The Morgan fingerprint density at radius 1 is 1.19 bits per heavy atom. The zero-order chi connectivity index (χ0) is 19.3. The number of hydrogen-bond donors (Lipinski definition) is 2. The first kappa shape index (κ1) is 19.3. The van der Waals surface area contributed by atoms with Crippen molar-refractivity contribution in [2.45, 2.75) is 18.9 Å². The van der Waals surface area contributed by atoms with Crippen LogP contribution in [0.25, 0.3) is 0 Å². The van der Waals surface area contributed by atoms with Gasteiger partial charge in [0, 0.05) is 13.2 Å². The van der Waals surface area contributed by atoms with Gasteiger partial charge in [0.15, 0.2) is 17.3 Å². The Morgan fingerprint density at radius 3 is 2.54 bits per heavy atom. The smallest absolute Gasteiger partial charge is 0.306 e. The monoisotopic (exact) mass is 364 g/mol. The van der Waals surface area contributed by atoms with Crippen LogP contribution >= 0.6 is 0 Å². The number of phenolic OH excluding ortho intramolecular Hbond substituents is 1. The van der Waals surface area contributed by atoms with Crippen molar-refractivity contribution >= 4 is 5.97 Å². The van der Waals surface area contributed by atoms with E-state index >= 15 is 0 Å². The molecule has 2 aromatic rings. The molecule has 1 aromatic heterocycles. The van der Waals surface area contributed by atoms with Crippen molar-refractivity contribution in [1.82, 2.24) is 0 Å². The summed E-state index contributed by atoms with van der Waals surface area (Å²) in [5.41, 5.74) is -0.169. The summed E-state index contributed by atoms with van der Waals surface area (Å²) < 4.78 is 20.4. The number of esters is 1. The maximum atomic E-state index is 12.1. The standard InChI is InChI=1S/C18H20O8/c1-23-9-11-7-14(20)17(22)18(26-11)12(8-16(21)25-3)10-4-5-13(19)15(6-10)24-2/h4-7,12,19,22H,8-9H2,1-3H3. The van der Waals surface area contributed by atoms with Gasteiger partial charge in [0.05, 0.1) is 26.6 Å². The zero-order valence-corrected chi connectivity index (χ0v) is 14.6. The van der Waals surface area contributed by atoms with E-state index in [9.17, 15) is 19.8 Å². The molecule has 8 heteroatoms. The number of ether oxygens (including phenoxy) is 3. The minimum absolute atomic E-state index is 0.0202. The summed E-state index contributed by atoms with van der Waals surface area (Å²) in [7, 11) is 4.04. The fourth-order valence-corrected chi connectivity index (χ4v) is 2.53. The van der Waals surface area contributed by atoms with Gasteiger partial charge >= 0.3 is 5.97 Å². The Morgan fingerprint density at radius 2 is 1.92 bits per heavy atom. The quantitative estimate of drug-likeness (QED) is 0.716. The summed E-state index contributed by atoms with van der Waals surface area (Å²) in [6, 6.07) is 5.53. The Balaban J connectivity index is 2.62. The largest absolute Gasteiger partial charge is 0.504 e. The van der Waals surface area contributed by atoms with Crippen molar-refractivity contribution in [3.05, 3.63) is 51.6 Å². The highest BCUT2D eigenvalue weighted by Crippen LogP contribution is 2.37. The van der Waals surface area contributed by atoms with Crippen LogP contribution in [0.1, 0.15) is 29.4 Å². The molecule has 0 aliphatic heterocycles. The van der Waals surface area contributed by atoms with Crippen LogP contribution in [0.4, 0.5) is 0 Å². The molecular weight excluding hydrogens is 344 g/mol. The number of methoxy groups -OCH3 is 3. The van der Waals surface area contributed by atoms with Crippen LogP contribution in [-0.2, 0) is 20.9 Å². The molecule has 0 aliphatic carbocycles. The fraction of sp³-hybridized carbons (Fsp3) is 0.333. The molecule has 2 rings (SSSR count). The molecule has 1 aromatic carbocycles. The highest BCUT2D eigenvalue weighted by Gasteiger charge is 2.27. The van der Waals surface area contributed by atoms with Crippen LogP contribution in [-0.4, -0.2) is 37.5 Å². The van der Waals surface area contributed by atoms with E-state index in [4.69, 9.17) is 18.6 Å². The van der Waals surface area contributed by atoms with Gasteiger partial charge in [0.2, 0.25) is 11.2 Å². The van der Waals surface area contributed by atoms with E-state index in [2.05, 4.69) is 0 Å². The van der Waals surface area contributed by atoms with E-state index < -0.39 is 23.1 Å². The molecule has 0 spiro atoms. The highest BCUT2D eigenvalue weighted by atomic mass is 16.5. The molecule has 0 bridgehead atoms. The Kier molecular flexibility index (Phi) is 6.24. The van der Waals surface area contributed by atoms with Gasteiger partial charge in [0.1, 0.15) is 12.4 Å². The minimum atomic E-state index is -0.832. The third kappa shape index (κ3) is 4.15. The first-order chi connectivity index (χ1) is 12.4. The predicted molar refractivity (Wildman–Crippen MR) is 90.5 cm³/mol. The summed E-state index contributed by atoms with van der Waals surface area (Å²) in [5, 5.41) is 20.0.